The van der Waals surface area contributed by atoms with Crippen molar-refractivity contribution in [2.45, 2.75) is 44.6 Å². The second kappa shape index (κ2) is 5.90. The van der Waals surface area contributed by atoms with Gasteiger partial charge in [-0.05, 0) is 37.7 Å². The van der Waals surface area contributed by atoms with Gasteiger partial charge in [-0.1, -0.05) is 36.0 Å². The van der Waals surface area contributed by atoms with Gasteiger partial charge in [-0.3, -0.25) is 4.79 Å². The van der Waals surface area contributed by atoms with Gasteiger partial charge < -0.3 is 4.90 Å². The first-order valence-electron chi connectivity index (χ1n) is 7.29. The van der Waals surface area contributed by atoms with Crippen molar-refractivity contribution in [3.8, 4) is 0 Å². The maximum Gasteiger partial charge on any atom is 0.255 e. The summed E-state index contributed by atoms with van der Waals surface area (Å²) in [5.74, 6) is 0.727. The first kappa shape index (κ1) is 14.2. The van der Waals surface area contributed by atoms with E-state index < -0.39 is 0 Å². The average molecular weight is 313 g/mol. The second-order valence-electron chi connectivity index (χ2n) is 5.75. The molecule has 1 aliphatic carbocycles. The molecule has 20 heavy (non-hydrogen) atoms. The zero-order chi connectivity index (χ0) is 14.1. The van der Waals surface area contributed by atoms with E-state index in [-0.39, 0.29) is 11.1 Å². The molecule has 0 N–H and O–H groups in total. The number of nitrogens with zero attached hydrogens (tertiary/aromatic N) is 2. The van der Waals surface area contributed by atoms with Crippen molar-refractivity contribution >= 4 is 29.1 Å². The van der Waals surface area contributed by atoms with Gasteiger partial charge in [-0.2, -0.15) is 0 Å². The molecule has 5 heteroatoms. The van der Waals surface area contributed by atoms with Gasteiger partial charge in [0.1, 0.15) is 5.15 Å². The third-order valence-corrected chi connectivity index (χ3v) is 5.23. The molecule has 1 aromatic heterocycles. The molecule has 2 aliphatic rings. The summed E-state index contributed by atoms with van der Waals surface area (Å²) < 4.78 is 0. The van der Waals surface area contributed by atoms with Gasteiger partial charge in [-0.15, -0.1) is 0 Å². The van der Waals surface area contributed by atoms with Gasteiger partial charge in [0, 0.05) is 18.8 Å². The molecule has 1 saturated heterocycles. The zero-order valence-corrected chi connectivity index (χ0v) is 12.8. The minimum Gasteiger partial charge on any atom is -0.335 e. The third-order valence-electron chi connectivity index (χ3n) is 4.55. The first-order chi connectivity index (χ1) is 9.66. The summed E-state index contributed by atoms with van der Waals surface area (Å²) in [4.78, 5) is 18.7. The lowest BCUT2D eigenvalue weighted by molar-refractivity contribution is 0.0390. The summed E-state index contributed by atoms with van der Waals surface area (Å²) in [5.41, 5.74) is 0.547. The first-order valence-corrected chi connectivity index (χ1v) is 8.04. The van der Waals surface area contributed by atoms with E-state index in [0.717, 1.165) is 19.4 Å². The van der Waals surface area contributed by atoms with Crippen LogP contribution in [-0.4, -0.2) is 28.4 Å². The number of likely N-dealkylation sites (tertiary alicyclic amines) is 1. The molecule has 3 nitrogen and oxygen atoms in total. The predicted octanol–water partition coefficient (Wildman–Crippen LogP) is 4.18. The standard InChI is InChI=1S/C15H18Cl2N2O/c16-12-8-11(9-18-14(12)17)15(20)19-7-3-5-10-4-1-2-6-13(10)19/h8-10,13H,1-7H2/t10-,13+/m1/s1. The van der Waals surface area contributed by atoms with Crippen LogP contribution in [0.2, 0.25) is 10.2 Å². The highest BCUT2D eigenvalue weighted by Gasteiger charge is 2.36. The fourth-order valence-electron chi connectivity index (χ4n) is 3.58. The van der Waals surface area contributed by atoms with Gasteiger partial charge in [0.15, 0.2) is 0 Å². The molecule has 0 spiro atoms. The number of pyridine rings is 1. The van der Waals surface area contributed by atoms with Crippen LogP contribution in [0.25, 0.3) is 0 Å². The Labute approximate surface area is 129 Å². The Kier molecular flexibility index (Phi) is 4.18. The summed E-state index contributed by atoms with van der Waals surface area (Å²) in [6, 6.07) is 2.03. The highest BCUT2D eigenvalue weighted by Crippen LogP contribution is 2.36. The van der Waals surface area contributed by atoms with Crippen LogP contribution >= 0.6 is 23.2 Å². The molecule has 1 saturated carbocycles. The highest BCUT2D eigenvalue weighted by atomic mass is 35.5. The molecule has 2 heterocycles. The highest BCUT2D eigenvalue weighted by molar-refractivity contribution is 6.41. The molecule has 0 aromatic carbocycles. The van der Waals surface area contributed by atoms with Crippen LogP contribution in [0.3, 0.4) is 0 Å². The quantitative estimate of drug-likeness (QED) is 0.729. The molecule has 0 bridgehead atoms. The smallest absolute Gasteiger partial charge is 0.255 e. The van der Waals surface area contributed by atoms with Crippen LogP contribution in [0, 0.1) is 5.92 Å². The van der Waals surface area contributed by atoms with Gasteiger partial charge in [0.25, 0.3) is 5.91 Å². The fourth-order valence-corrected chi connectivity index (χ4v) is 3.85. The van der Waals surface area contributed by atoms with Gasteiger partial charge in [0.05, 0.1) is 10.6 Å². The summed E-state index contributed by atoms with van der Waals surface area (Å²) in [6.07, 6.45) is 8.81. The average Bonchev–Trinajstić information content (AvgIpc) is 2.49. The van der Waals surface area contributed by atoms with Gasteiger partial charge in [-0.25, -0.2) is 4.98 Å². The molecular weight excluding hydrogens is 295 g/mol. The maximum absolute atomic E-state index is 12.7. The molecule has 108 valence electrons. The Morgan fingerprint density at radius 1 is 1.20 bits per heavy atom. The van der Waals surface area contributed by atoms with Crippen molar-refractivity contribution in [2.75, 3.05) is 6.54 Å². The number of amides is 1. The minimum absolute atomic E-state index is 0.0488. The van der Waals surface area contributed by atoms with Gasteiger partial charge >= 0.3 is 0 Å². The lowest BCUT2D eigenvalue weighted by Crippen LogP contribution is -2.49. The van der Waals surface area contributed by atoms with Crippen molar-refractivity contribution in [3.05, 3.63) is 28.0 Å². The van der Waals surface area contributed by atoms with Crippen LogP contribution < -0.4 is 0 Å². The molecule has 0 unspecified atom stereocenters. The summed E-state index contributed by atoms with van der Waals surface area (Å²) >= 11 is 11.8. The van der Waals surface area contributed by atoms with E-state index in [1.54, 1.807) is 6.07 Å². The molecule has 3 rings (SSSR count). The van der Waals surface area contributed by atoms with Crippen molar-refractivity contribution in [1.82, 2.24) is 9.88 Å². The molecule has 1 aliphatic heterocycles. The number of piperidine rings is 1. The van der Waals surface area contributed by atoms with E-state index in [4.69, 9.17) is 23.2 Å². The number of halogens is 2. The van der Waals surface area contributed by atoms with E-state index in [2.05, 4.69) is 4.98 Å². The summed E-state index contributed by atoms with van der Waals surface area (Å²) in [6.45, 7) is 0.847. The predicted molar refractivity (Wildman–Crippen MR) is 80.3 cm³/mol. The summed E-state index contributed by atoms with van der Waals surface area (Å²) in [7, 11) is 0. The van der Waals surface area contributed by atoms with Crippen LogP contribution in [0.5, 0.6) is 0 Å². The number of hydrogen-bond acceptors (Lipinski definition) is 2. The number of hydrogen-bond donors (Lipinski definition) is 0. The van der Waals surface area contributed by atoms with Crippen LogP contribution in [0.4, 0.5) is 0 Å². The monoisotopic (exact) mass is 312 g/mol. The summed E-state index contributed by atoms with van der Waals surface area (Å²) in [5, 5.41) is 0.590. The van der Waals surface area contributed by atoms with E-state index in [1.165, 1.54) is 31.9 Å². The lowest BCUT2D eigenvalue weighted by atomic mass is 9.78. The normalized spacial score (nSPS) is 26.2. The van der Waals surface area contributed by atoms with Crippen LogP contribution in [-0.2, 0) is 0 Å². The topological polar surface area (TPSA) is 33.2 Å². The number of aromatic nitrogens is 1. The van der Waals surface area contributed by atoms with Crippen molar-refractivity contribution in [1.29, 1.82) is 0 Å². The lowest BCUT2D eigenvalue weighted by Gasteiger charge is -2.44. The van der Waals surface area contributed by atoms with Crippen molar-refractivity contribution in [2.24, 2.45) is 5.92 Å². The van der Waals surface area contributed by atoms with E-state index in [0.29, 0.717) is 22.5 Å². The Balaban J connectivity index is 1.83. The fraction of sp³-hybridized carbons (Fsp3) is 0.600. The van der Waals surface area contributed by atoms with E-state index >= 15 is 0 Å². The Hall–Kier alpha value is -0.800. The Bertz CT molecular complexity index is 519. The number of carbonyl (C=O) groups excluding carboxylic acids is 1. The number of carbonyl (C=O) groups is 1. The maximum atomic E-state index is 12.7. The van der Waals surface area contributed by atoms with Crippen LogP contribution in [0.1, 0.15) is 48.9 Å². The van der Waals surface area contributed by atoms with Crippen molar-refractivity contribution in [3.63, 3.8) is 0 Å². The molecule has 2 atom stereocenters. The second-order valence-corrected chi connectivity index (χ2v) is 6.51. The minimum atomic E-state index is 0.0488. The molecule has 1 aromatic rings. The van der Waals surface area contributed by atoms with Gasteiger partial charge in [0.2, 0.25) is 0 Å². The number of fused-ring (bicyclic) bond motifs is 1. The largest absolute Gasteiger partial charge is 0.335 e. The van der Waals surface area contributed by atoms with E-state index in [1.807, 2.05) is 4.90 Å². The molecular formula is C15H18Cl2N2O. The molecule has 2 fully saturated rings. The third kappa shape index (κ3) is 2.66. The van der Waals surface area contributed by atoms with Crippen molar-refractivity contribution < 1.29 is 4.79 Å². The number of rotatable bonds is 1. The molecule has 0 radical (unpaired) electrons. The Morgan fingerprint density at radius 2 is 1.95 bits per heavy atom. The zero-order valence-electron chi connectivity index (χ0n) is 11.3. The van der Waals surface area contributed by atoms with E-state index in [9.17, 15) is 4.79 Å². The Morgan fingerprint density at radius 3 is 2.75 bits per heavy atom. The molecule has 1 amide bonds. The SMILES string of the molecule is O=C(c1cnc(Cl)c(Cl)c1)N1CCC[C@H]2CCCC[C@@H]21. The van der Waals surface area contributed by atoms with Crippen LogP contribution in [0.15, 0.2) is 12.3 Å².